The number of likely N-dealkylation sites (N-methyl/N-ethyl adjacent to an activating group) is 1. The lowest BCUT2D eigenvalue weighted by atomic mass is 10.0. The molecule has 0 aromatic rings. The van der Waals surface area contributed by atoms with Crippen LogP contribution < -0.4 is 5.32 Å². The molecule has 0 spiro atoms. The van der Waals surface area contributed by atoms with Crippen LogP contribution in [0.3, 0.4) is 0 Å². The number of nitrogens with zero attached hydrogens (tertiary/aromatic N) is 1. The van der Waals surface area contributed by atoms with Gasteiger partial charge in [-0.25, -0.2) is 8.42 Å². The summed E-state index contributed by atoms with van der Waals surface area (Å²) in [6, 6.07) is 0.370. The lowest BCUT2D eigenvalue weighted by Crippen LogP contribution is -2.50. The molecule has 5 nitrogen and oxygen atoms in total. The first kappa shape index (κ1) is 15.9. The van der Waals surface area contributed by atoms with Gasteiger partial charge in [0.25, 0.3) is 0 Å². The zero-order chi connectivity index (χ0) is 14.0. The van der Waals surface area contributed by atoms with Crippen LogP contribution >= 0.6 is 0 Å². The fraction of sp³-hybridized carbons (Fsp3) is 1.00. The van der Waals surface area contributed by atoms with E-state index in [0.29, 0.717) is 25.6 Å². The van der Waals surface area contributed by atoms with Crippen molar-refractivity contribution in [3.63, 3.8) is 0 Å². The molecule has 0 amide bonds. The van der Waals surface area contributed by atoms with Crippen molar-refractivity contribution in [2.45, 2.75) is 44.9 Å². The summed E-state index contributed by atoms with van der Waals surface area (Å²) >= 11 is 0. The van der Waals surface area contributed by atoms with Gasteiger partial charge in [-0.2, -0.15) is 0 Å². The zero-order valence-electron chi connectivity index (χ0n) is 11.8. The average Bonchev–Trinajstić information content (AvgIpc) is 2.55. The molecule has 0 radical (unpaired) electrons. The SMILES string of the molecule is CC(C)NCC(C)(O)CN(C)C1CCS(=O)(=O)C1. The number of sulfone groups is 1. The van der Waals surface area contributed by atoms with Gasteiger partial charge in [0.2, 0.25) is 0 Å². The monoisotopic (exact) mass is 278 g/mol. The van der Waals surface area contributed by atoms with Crippen LogP contribution in [-0.4, -0.2) is 67.8 Å². The molecule has 18 heavy (non-hydrogen) atoms. The topological polar surface area (TPSA) is 69.6 Å². The largest absolute Gasteiger partial charge is 0.388 e. The predicted molar refractivity (Wildman–Crippen MR) is 73.5 cm³/mol. The highest BCUT2D eigenvalue weighted by atomic mass is 32.2. The van der Waals surface area contributed by atoms with Gasteiger partial charge >= 0.3 is 0 Å². The van der Waals surface area contributed by atoms with E-state index in [-0.39, 0.29) is 17.5 Å². The number of hydrogen-bond acceptors (Lipinski definition) is 5. The van der Waals surface area contributed by atoms with Crippen molar-refractivity contribution in [1.29, 1.82) is 0 Å². The maximum absolute atomic E-state index is 11.4. The Morgan fingerprint density at radius 1 is 1.50 bits per heavy atom. The van der Waals surface area contributed by atoms with Gasteiger partial charge in [0.05, 0.1) is 17.1 Å². The Morgan fingerprint density at radius 3 is 2.56 bits per heavy atom. The van der Waals surface area contributed by atoms with E-state index in [4.69, 9.17) is 0 Å². The van der Waals surface area contributed by atoms with Crippen molar-refractivity contribution < 1.29 is 13.5 Å². The number of aliphatic hydroxyl groups is 1. The highest BCUT2D eigenvalue weighted by Gasteiger charge is 2.33. The number of nitrogens with one attached hydrogen (secondary N) is 1. The third kappa shape index (κ3) is 5.22. The molecular formula is C12H26N2O3S. The standard InChI is InChI=1S/C12H26N2O3S/c1-10(2)13-8-12(3,15)9-14(4)11-5-6-18(16,17)7-11/h10-11,13,15H,5-9H2,1-4H3. The van der Waals surface area contributed by atoms with Gasteiger partial charge < -0.3 is 10.4 Å². The van der Waals surface area contributed by atoms with Gasteiger partial charge in [-0.1, -0.05) is 13.8 Å². The molecule has 0 bridgehead atoms. The first-order chi connectivity index (χ1) is 8.11. The molecular weight excluding hydrogens is 252 g/mol. The highest BCUT2D eigenvalue weighted by Crippen LogP contribution is 2.18. The van der Waals surface area contributed by atoms with Gasteiger partial charge in [-0.3, -0.25) is 4.90 Å². The van der Waals surface area contributed by atoms with Crippen molar-refractivity contribution in [1.82, 2.24) is 10.2 Å². The minimum Gasteiger partial charge on any atom is -0.388 e. The maximum Gasteiger partial charge on any atom is 0.151 e. The smallest absolute Gasteiger partial charge is 0.151 e. The van der Waals surface area contributed by atoms with Crippen molar-refractivity contribution in [2.75, 3.05) is 31.6 Å². The van der Waals surface area contributed by atoms with Gasteiger partial charge in [0.1, 0.15) is 0 Å². The van der Waals surface area contributed by atoms with Crippen LogP contribution in [0.15, 0.2) is 0 Å². The Hall–Kier alpha value is -0.170. The third-order valence-corrected chi connectivity index (χ3v) is 5.06. The second-order valence-electron chi connectivity index (χ2n) is 6.00. The Kier molecular flexibility index (Phi) is 5.17. The molecule has 0 aromatic heterocycles. The van der Waals surface area contributed by atoms with E-state index in [9.17, 15) is 13.5 Å². The molecule has 108 valence electrons. The number of hydrogen-bond donors (Lipinski definition) is 2. The molecule has 2 N–H and O–H groups in total. The molecule has 0 aromatic carbocycles. The van der Waals surface area contributed by atoms with Crippen molar-refractivity contribution in [2.24, 2.45) is 0 Å². The van der Waals surface area contributed by atoms with E-state index in [1.54, 1.807) is 6.92 Å². The second kappa shape index (κ2) is 5.86. The van der Waals surface area contributed by atoms with E-state index >= 15 is 0 Å². The minimum absolute atomic E-state index is 0.0422. The lowest BCUT2D eigenvalue weighted by Gasteiger charge is -2.33. The summed E-state index contributed by atoms with van der Waals surface area (Å²) in [4.78, 5) is 1.96. The zero-order valence-corrected chi connectivity index (χ0v) is 12.6. The first-order valence-corrected chi connectivity index (χ1v) is 8.30. The summed E-state index contributed by atoms with van der Waals surface area (Å²) < 4.78 is 22.8. The molecule has 2 unspecified atom stereocenters. The van der Waals surface area contributed by atoms with Crippen LogP contribution in [0.5, 0.6) is 0 Å². The van der Waals surface area contributed by atoms with Crippen LogP contribution in [0, 0.1) is 0 Å². The van der Waals surface area contributed by atoms with Gasteiger partial charge in [-0.15, -0.1) is 0 Å². The lowest BCUT2D eigenvalue weighted by molar-refractivity contribution is 0.0171. The van der Waals surface area contributed by atoms with Crippen LogP contribution in [0.25, 0.3) is 0 Å². The molecule has 1 heterocycles. The van der Waals surface area contributed by atoms with Crippen LogP contribution in [-0.2, 0) is 9.84 Å². The molecule has 1 fully saturated rings. The Bertz CT molecular complexity index is 366. The number of rotatable bonds is 6. The summed E-state index contributed by atoms with van der Waals surface area (Å²) in [7, 11) is -0.976. The molecule has 0 saturated carbocycles. The van der Waals surface area contributed by atoms with Crippen LogP contribution in [0.2, 0.25) is 0 Å². The Labute approximate surface area is 110 Å². The molecule has 1 rings (SSSR count). The normalized spacial score (nSPS) is 26.7. The molecule has 1 aliphatic heterocycles. The van der Waals surface area contributed by atoms with Crippen LogP contribution in [0.4, 0.5) is 0 Å². The first-order valence-electron chi connectivity index (χ1n) is 6.48. The summed E-state index contributed by atoms with van der Waals surface area (Å²) in [5.74, 6) is 0.492. The fourth-order valence-corrected chi connectivity index (χ4v) is 4.07. The predicted octanol–water partition coefficient (Wildman–Crippen LogP) is -0.146. The quantitative estimate of drug-likeness (QED) is 0.707. The molecule has 6 heteroatoms. The van der Waals surface area contributed by atoms with Crippen molar-refractivity contribution in [3.8, 4) is 0 Å². The Morgan fingerprint density at radius 2 is 2.11 bits per heavy atom. The van der Waals surface area contributed by atoms with E-state index in [2.05, 4.69) is 5.32 Å². The summed E-state index contributed by atoms with van der Waals surface area (Å²) in [6.45, 7) is 6.83. The summed E-state index contributed by atoms with van der Waals surface area (Å²) in [5.41, 5.74) is -0.842. The van der Waals surface area contributed by atoms with Gasteiger partial charge in [-0.05, 0) is 20.4 Å². The average molecular weight is 278 g/mol. The van der Waals surface area contributed by atoms with E-state index in [0.717, 1.165) is 0 Å². The molecule has 1 saturated heterocycles. The third-order valence-electron chi connectivity index (χ3n) is 3.31. The van der Waals surface area contributed by atoms with Crippen LogP contribution in [0.1, 0.15) is 27.2 Å². The van der Waals surface area contributed by atoms with Gasteiger partial charge in [0, 0.05) is 25.2 Å². The van der Waals surface area contributed by atoms with Gasteiger partial charge in [0.15, 0.2) is 9.84 Å². The maximum atomic E-state index is 11.4. The molecule has 1 aliphatic rings. The molecule has 0 aliphatic carbocycles. The fourth-order valence-electron chi connectivity index (χ4n) is 2.27. The minimum atomic E-state index is -2.86. The van der Waals surface area contributed by atoms with E-state index < -0.39 is 15.4 Å². The Balaban J connectivity index is 2.46. The second-order valence-corrected chi connectivity index (χ2v) is 8.23. The van der Waals surface area contributed by atoms with E-state index in [1.807, 2.05) is 25.8 Å². The highest BCUT2D eigenvalue weighted by molar-refractivity contribution is 7.91. The summed E-state index contributed by atoms with van der Waals surface area (Å²) in [6.07, 6.45) is 0.673. The van der Waals surface area contributed by atoms with E-state index in [1.165, 1.54) is 0 Å². The van der Waals surface area contributed by atoms with Crippen molar-refractivity contribution >= 4 is 9.84 Å². The molecule has 2 atom stereocenters. The summed E-state index contributed by atoms with van der Waals surface area (Å²) in [5, 5.41) is 13.5. The van der Waals surface area contributed by atoms with Crippen molar-refractivity contribution in [3.05, 3.63) is 0 Å².